The van der Waals surface area contributed by atoms with Crippen molar-refractivity contribution in [3.05, 3.63) is 35.9 Å². The van der Waals surface area contributed by atoms with Gasteiger partial charge in [0.15, 0.2) is 0 Å². The topological polar surface area (TPSA) is 51.1 Å². The van der Waals surface area contributed by atoms with Crippen LogP contribution in [0.1, 0.15) is 5.56 Å². The lowest BCUT2D eigenvalue weighted by atomic mass is 9.96. The van der Waals surface area contributed by atoms with Crippen molar-refractivity contribution >= 4 is 11.7 Å². The van der Waals surface area contributed by atoms with Gasteiger partial charge in [0, 0.05) is 25.2 Å². The van der Waals surface area contributed by atoms with Gasteiger partial charge in [-0.2, -0.15) is 0 Å². The zero-order valence-electron chi connectivity index (χ0n) is 10.6. The van der Waals surface area contributed by atoms with Crippen molar-refractivity contribution in [2.75, 3.05) is 32.8 Å². The summed E-state index contributed by atoms with van der Waals surface area (Å²) in [6.07, 6.45) is 0. The Bertz CT molecular complexity index is 481. The standard InChI is InChI=1S/C14H16N2O3/c17-14-12(10-16-6-8-18-9-7-16)13(15-19-14)11-4-2-1-3-5-11/h1-5,12H,6-10H2. The fraction of sp³-hybridized carbons (Fsp3) is 0.429. The van der Waals surface area contributed by atoms with Gasteiger partial charge in [-0.25, -0.2) is 4.79 Å². The van der Waals surface area contributed by atoms with Crippen LogP contribution in [0.15, 0.2) is 35.5 Å². The second-order valence-electron chi connectivity index (χ2n) is 4.72. The highest BCUT2D eigenvalue weighted by molar-refractivity contribution is 6.14. The van der Waals surface area contributed by atoms with Crippen molar-refractivity contribution in [3.8, 4) is 0 Å². The lowest BCUT2D eigenvalue weighted by Crippen LogP contribution is -2.42. The fourth-order valence-corrected chi connectivity index (χ4v) is 2.40. The first-order valence-corrected chi connectivity index (χ1v) is 6.49. The molecule has 2 aliphatic rings. The predicted molar refractivity (Wildman–Crippen MR) is 69.8 cm³/mol. The molecule has 0 radical (unpaired) electrons. The third-order valence-corrected chi connectivity index (χ3v) is 3.46. The summed E-state index contributed by atoms with van der Waals surface area (Å²) < 4.78 is 5.31. The van der Waals surface area contributed by atoms with Gasteiger partial charge in [-0.1, -0.05) is 35.5 Å². The molecule has 1 aromatic rings. The van der Waals surface area contributed by atoms with Crippen molar-refractivity contribution in [2.24, 2.45) is 11.1 Å². The van der Waals surface area contributed by atoms with Crippen LogP contribution in [0, 0.1) is 5.92 Å². The van der Waals surface area contributed by atoms with E-state index < -0.39 is 0 Å². The Hall–Kier alpha value is -1.72. The average molecular weight is 260 g/mol. The monoisotopic (exact) mass is 260 g/mol. The minimum Gasteiger partial charge on any atom is -0.379 e. The predicted octanol–water partition coefficient (Wildman–Crippen LogP) is 0.896. The summed E-state index contributed by atoms with van der Waals surface area (Å²) in [6, 6.07) is 9.72. The highest BCUT2D eigenvalue weighted by atomic mass is 16.7. The van der Waals surface area contributed by atoms with Crippen LogP contribution in [0.25, 0.3) is 0 Å². The SMILES string of the molecule is O=C1ON=C(c2ccccc2)C1CN1CCOCC1. The molecule has 2 heterocycles. The van der Waals surface area contributed by atoms with E-state index in [-0.39, 0.29) is 11.9 Å². The molecule has 3 rings (SSSR count). The largest absolute Gasteiger partial charge is 0.379 e. The van der Waals surface area contributed by atoms with Gasteiger partial charge in [-0.15, -0.1) is 0 Å². The van der Waals surface area contributed by atoms with E-state index in [1.165, 1.54) is 0 Å². The number of ether oxygens (including phenoxy) is 1. The Morgan fingerprint density at radius 1 is 1.21 bits per heavy atom. The van der Waals surface area contributed by atoms with Gasteiger partial charge >= 0.3 is 5.97 Å². The summed E-state index contributed by atoms with van der Waals surface area (Å²) in [5.74, 6) is -0.550. The van der Waals surface area contributed by atoms with Gasteiger partial charge in [0.1, 0.15) is 11.6 Å². The molecule has 0 bridgehead atoms. The molecular weight excluding hydrogens is 244 g/mol. The molecule has 1 saturated heterocycles. The number of hydrogen-bond donors (Lipinski definition) is 0. The first kappa shape index (κ1) is 12.3. The van der Waals surface area contributed by atoms with Crippen LogP contribution >= 0.6 is 0 Å². The highest BCUT2D eigenvalue weighted by Gasteiger charge is 2.35. The average Bonchev–Trinajstić information content (AvgIpc) is 2.82. The molecule has 5 nitrogen and oxygen atoms in total. The Balaban J connectivity index is 1.75. The van der Waals surface area contributed by atoms with Gasteiger partial charge in [-0.3, -0.25) is 4.90 Å². The number of benzene rings is 1. The van der Waals surface area contributed by atoms with Gasteiger partial charge in [0.05, 0.1) is 13.2 Å². The summed E-state index contributed by atoms with van der Waals surface area (Å²) in [7, 11) is 0. The zero-order chi connectivity index (χ0) is 13.1. The Kier molecular flexibility index (Phi) is 3.57. The van der Waals surface area contributed by atoms with Gasteiger partial charge in [0.2, 0.25) is 0 Å². The zero-order valence-corrected chi connectivity index (χ0v) is 10.6. The maximum atomic E-state index is 11.8. The molecule has 0 aliphatic carbocycles. The number of carbonyl (C=O) groups excluding carboxylic acids is 1. The quantitative estimate of drug-likeness (QED) is 0.758. The molecule has 1 aromatic carbocycles. The molecule has 5 heteroatoms. The number of rotatable bonds is 3. The molecule has 1 atom stereocenters. The van der Waals surface area contributed by atoms with Crippen molar-refractivity contribution in [2.45, 2.75) is 0 Å². The van der Waals surface area contributed by atoms with E-state index in [1.54, 1.807) is 0 Å². The molecule has 0 N–H and O–H groups in total. The molecule has 0 aromatic heterocycles. The van der Waals surface area contributed by atoms with E-state index in [0.717, 1.165) is 37.6 Å². The summed E-state index contributed by atoms with van der Waals surface area (Å²) in [5, 5.41) is 3.94. The number of morpholine rings is 1. The normalized spacial score (nSPS) is 24.1. The molecule has 1 unspecified atom stereocenters. The molecule has 19 heavy (non-hydrogen) atoms. The second kappa shape index (κ2) is 5.50. The van der Waals surface area contributed by atoms with Crippen molar-refractivity contribution in [1.29, 1.82) is 0 Å². The molecule has 1 fully saturated rings. The molecule has 2 aliphatic heterocycles. The van der Waals surface area contributed by atoms with E-state index in [9.17, 15) is 4.79 Å². The van der Waals surface area contributed by atoms with Crippen LogP contribution in [0.2, 0.25) is 0 Å². The van der Waals surface area contributed by atoms with Crippen molar-refractivity contribution < 1.29 is 14.4 Å². The Labute approximate surface area is 111 Å². The third kappa shape index (κ3) is 2.67. The first-order valence-electron chi connectivity index (χ1n) is 6.49. The third-order valence-electron chi connectivity index (χ3n) is 3.46. The lowest BCUT2D eigenvalue weighted by Gasteiger charge is -2.28. The van der Waals surface area contributed by atoms with Crippen molar-refractivity contribution in [1.82, 2.24) is 4.90 Å². The van der Waals surface area contributed by atoms with Crippen LogP contribution in [0.4, 0.5) is 0 Å². The molecule has 0 amide bonds. The first-order chi connectivity index (χ1) is 9.34. The summed E-state index contributed by atoms with van der Waals surface area (Å²) in [5.41, 5.74) is 1.68. The van der Waals surface area contributed by atoms with Gasteiger partial charge < -0.3 is 9.57 Å². The number of carbonyl (C=O) groups is 1. The molecular formula is C14H16N2O3. The van der Waals surface area contributed by atoms with Gasteiger partial charge in [0.25, 0.3) is 0 Å². The van der Waals surface area contributed by atoms with Crippen LogP contribution in [0.5, 0.6) is 0 Å². The van der Waals surface area contributed by atoms with E-state index in [2.05, 4.69) is 10.1 Å². The molecule has 0 spiro atoms. The Morgan fingerprint density at radius 2 is 1.95 bits per heavy atom. The lowest BCUT2D eigenvalue weighted by molar-refractivity contribution is -0.144. The maximum Gasteiger partial charge on any atom is 0.345 e. The van der Waals surface area contributed by atoms with Crippen molar-refractivity contribution in [3.63, 3.8) is 0 Å². The minimum absolute atomic E-state index is 0.259. The van der Waals surface area contributed by atoms with Crippen LogP contribution in [-0.2, 0) is 14.4 Å². The highest BCUT2D eigenvalue weighted by Crippen LogP contribution is 2.20. The number of hydrogen-bond acceptors (Lipinski definition) is 5. The van der Waals surface area contributed by atoms with Crippen LogP contribution < -0.4 is 0 Å². The van der Waals surface area contributed by atoms with E-state index in [0.29, 0.717) is 6.54 Å². The number of nitrogens with zero attached hydrogens (tertiary/aromatic N) is 2. The minimum atomic E-state index is -0.291. The van der Waals surface area contributed by atoms with E-state index in [4.69, 9.17) is 9.57 Å². The van der Waals surface area contributed by atoms with Gasteiger partial charge in [-0.05, 0) is 0 Å². The molecule has 0 saturated carbocycles. The smallest absolute Gasteiger partial charge is 0.345 e. The summed E-state index contributed by atoms with van der Waals surface area (Å²) in [4.78, 5) is 18.9. The second-order valence-corrected chi connectivity index (χ2v) is 4.72. The fourth-order valence-electron chi connectivity index (χ4n) is 2.40. The van der Waals surface area contributed by atoms with E-state index >= 15 is 0 Å². The van der Waals surface area contributed by atoms with Crippen LogP contribution in [-0.4, -0.2) is 49.4 Å². The maximum absolute atomic E-state index is 11.8. The summed E-state index contributed by atoms with van der Waals surface area (Å²) in [6.45, 7) is 3.80. The molecule has 100 valence electrons. The Morgan fingerprint density at radius 3 is 2.68 bits per heavy atom. The number of oxime groups is 1. The summed E-state index contributed by atoms with van der Waals surface area (Å²) >= 11 is 0. The van der Waals surface area contributed by atoms with E-state index in [1.807, 2.05) is 30.3 Å². The van der Waals surface area contributed by atoms with Crippen LogP contribution in [0.3, 0.4) is 0 Å².